The van der Waals surface area contributed by atoms with E-state index >= 15 is 0 Å². The molecular formula is H5NO4P+. The molecule has 6 heavy (non-hydrogen) atoms. The van der Waals surface area contributed by atoms with E-state index in [1.807, 2.05) is 0 Å². The van der Waals surface area contributed by atoms with Gasteiger partial charge in [-0.15, -0.1) is 0 Å². The maximum absolute atomic E-state index is 9.41. The molecule has 0 fully saturated rings. The summed E-state index contributed by atoms with van der Waals surface area (Å²) in [5.41, 5.74) is 0. The molecule has 0 aromatic heterocycles. The second kappa shape index (κ2) is 1.68. The zero-order valence-corrected chi connectivity index (χ0v) is 3.76. The second-order valence-electron chi connectivity index (χ2n) is 0.620. The van der Waals surface area contributed by atoms with Gasteiger partial charge in [0.15, 0.2) is 0 Å². The molecule has 0 aliphatic heterocycles. The Balaban J connectivity index is 3.48. The summed E-state index contributed by atoms with van der Waals surface area (Å²) >= 11 is 0. The molecule has 0 heterocycles. The van der Waals surface area contributed by atoms with Gasteiger partial charge >= 0.3 is 7.82 Å². The molecule has 0 aromatic carbocycles. The van der Waals surface area contributed by atoms with Gasteiger partial charge in [0.1, 0.15) is 0 Å². The molecule has 0 saturated heterocycles. The van der Waals surface area contributed by atoms with E-state index < -0.39 is 7.82 Å². The smallest absolute Gasteiger partial charge is 0.300 e. The summed E-state index contributed by atoms with van der Waals surface area (Å²) in [6.45, 7) is 0. The van der Waals surface area contributed by atoms with Crippen LogP contribution < -0.4 is 5.90 Å². The average molecular weight is 114 g/mol. The molecule has 0 saturated carbocycles. The standard InChI is InChI=1S/H4NO4P/c1-5-6(2,3)4/h1H3,(H-,2,3,4)/p+1. The quantitative estimate of drug-likeness (QED) is 0.278. The summed E-state index contributed by atoms with van der Waals surface area (Å²) in [4.78, 5) is 15.3. The van der Waals surface area contributed by atoms with Crippen LogP contribution in [0.2, 0.25) is 0 Å². The molecule has 0 aliphatic carbocycles. The summed E-state index contributed by atoms with van der Waals surface area (Å²) in [6, 6.07) is 0. The van der Waals surface area contributed by atoms with Crippen molar-refractivity contribution in [1.82, 2.24) is 0 Å². The monoisotopic (exact) mass is 114 g/mol. The van der Waals surface area contributed by atoms with Crippen molar-refractivity contribution in [2.24, 2.45) is 0 Å². The molecule has 0 bridgehead atoms. The van der Waals surface area contributed by atoms with Crippen LogP contribution in [0, 0.1) is 0 Å². The van der Waals surface area contributed by atoms with Crippen LogP contribution in [-0.2, 0) is 9.19 Å². The van der Waals surface area contributed by atoms with Crippen LogP contribution in [0.4, 0.5) is 0 Å². The number of hydrogen-bond donors (Lipinski definition) is 3. The Morgan fingerprint density at radius 3 is 1.83 bits per heavy atom. The maximum Gasteiger partial charge on any atom is 0.515 e. The van der Waals surface area contributed by atoms with Crippen molar-refractivity contribution in [3.8, 4) is 0 Å². The van der Waals surface area contributed by atoms with Gasteiger partial charge in [-0.1, -0.05) is 4.62 Å². The van der Waals surface area contributed by atoms with Crippen LogP contribution >= 0.6 is 7.82 Å². The van der Waals surface area contributed by atoms with E-state index in [9.17, 15) is 4.57 Å². The molecule has 6 heteroatoms. The Labute approximate surface area is 33.9 Å². The first-order valence-electron chi connectivity index (χ1n) is 1.05. The molecule has 0 rings (SSSR count). The molecular weight excluding hydrogens is 109 g/mol. The van der Waals surface area contributed by atoms with E-state index in [-0.39, 0.29) is 0 Å². The van der Waals surface area contributed by atoms with E-state index in [1.165, 1.54) is 0 Å². The first kappa shape index (κ1) is 6.07. The van der Waals surface area contributed by atoms with Crippen LogP contribution in [0.15, 0.2) is 0 Å². The normalized spacial score (nSPS) is 11.8. The SMILES string of the molecule is [NH3+]OP(=O)(O)O. The molecule has 0 amide bonds. The van der Waals surface area contributed by atoms with Crippen molar-refractivity contribution in [3.05, 3.63) is 0 Å². The minimum atomic E-state index is -4.26. The molecule has 38 valence electrons. The highest BCUT2D eigenvalue weighted by atomic mass is 31.2. The summed E-state index contributed by atoms with van der Waals surface area (Å²) in [7, 11) is -4.26. The summed E-state index contributed by atoms with van der Waals surface area (Å²) in [5.74, 6) is 2.49. The molecule has 0 atom stereocenters. The predicted molar refractivity (Wildman–Crippen MR) is 16.0 cm³/mol. The highest BCUT2D eigenvalue weighted by Crippen LogP contribution is 2.31. The molecule has 0 aromatic rings. The van der Waals surface area contributed by atoms with Gasteiger partial charge in [0.2, 0.25) is 0 Å². The van der Waals surface area contributed by atoms with Gasteiger partial charge in [-0.25, -0.2) is 10.5 Å². The van der Waals surface area contributed by atoms with Crippen molar-refractivity contribution in [3.63, 3.8) is 0 Å². The molecule has 0 aliphatic rings. The van der Waals surface area contributed by atoms with E-state index in [1.54, 1.807) is 0 Å². The zero-order chi connectivity index (χ0) is 5.21. The summed E-state index contributed by atoms with van der Waals surface area (Å²) in [5, 5.41) is 0. The number of phosphoric acid groups is 1. The van der Waals surface area contributed by atoms with Crippen molar-refractivity contribution in [2.45, 2.75) is 0 Å². The highest BCUT2D eigenvalue weighted by molar-refractivity contribution is 7.46. The van der Waals surface area contributed by atoms with Crippen LogP contribution in [-0.4, -0.2) is 9.79 Å². The van der Waals surface area contributed by atoms with Crippen molar-refractivity contribution < 1.29 is 24.9 Å². The van der Waals surface area contributed by atoms with E-state index in [0.717, 1.165) is 0 Å². The van der Waals surface area contributed by atoms with E-state index in [4.69, 9.17) is 9.79 Å². The minimum Gasteiger partial charge on any atom is -0.300 e. The highest BCUT2D eigenvalue weighted by Gasteiger charge is 2.12. The van der Waals surface area contributed by atoms with Crippen LogP contribution in [0.1, 0.15) is 0 Å². The Kier molecular flexibility index (Phi) is 1.70. The van der Waals surface area contributed by atoms with Crippen molar-refractivity contribution in [1.29, 1.82) is 0 Å². The Hall–Kier alpha value is 0.0700. The van der Waals surface area contributed by atoms with Gasteiger partial charge in [-0.3, -0.25) is 9.79 Å². The van der Waals surface area contributed by atoms with E-state index in [0.29, 0.717) is 0 Å². The lowest BCUT2D eigenvalue weighted by molar-refractivity contribution is -0.643. The Bertz CT molecular complexity index is 71.6. The third kappa shape index (κ3) is 4.07. The van der Waals surface area contributed by atoms with Gasteiger partial charge in [-0.2, -0.15) is 0 Å². The van der Waals surface area contributed by atoms with E-state index in [2.05, 4.69) is 10.5 Å². The largest absolute Gasteiger partial charge is 0.515 e. The van der Waals surface area contributed by atoms with Gasteiger partial charge in [-0.05, 0) is 0 Å². The van der Waals surface area contributed by atoms with Crippen molar-refractivity contribution in [2.75, 3.05) is 0 Å². The topological polar surface area (TPSA) is 94.4 Å². The molecule has 0 spiro atoms. The van der Waals surface area contributed by atoms with Crippen LogP contribution in [0.5, 0.6) is 0 Å². The predicted octanol–water partition coefficient (Wildman–Crippen LogP) is -1.75. The Morgan fingerprint density at radius 1 is 1.67 bits per heavy atom. The lowest BCUT2D eigenvalue weighted by atomic mass is 13.6. The maximum atomic E-state index is 9.41. The summed E-state index contributed by atoms with van der Waals surface area (Å²) in [6.07, 6.45) is 0. The van der Waals surface area contributed by atoms with Crippen LogP contribution in [0.25, 0.3) is 0 Å². The first-order chi connectivity index (χ1) is 2.56. The molecule has 0 unspecified atom stereocenters. The van der Waals surface area contributed by atoms with Gasteiger partial charge in [0, 0.05) is 0 Å². The third-order valence-electron chi connectivity index (χ3n) is 0.168. The first-order valence-corrected chi connectivity index (χ1v) is 2.58. The molecule has 0 radical (unpaired) electrons. The third-order valence-corrected chi connectivity index (χ3v) is 0.505. The summed E-state index contributed by atoms with van der Waals surface area (Å²) < 4.78 is 12.8. The van der Waals surface area contributed by atoms with Gasteiger partial charge in [0.05, 0.1) is 0 Å². The lowest BCUT2D eigenvalue weighted by Crippen LogP contribution is -2.47. The molecule has 5 nitrogen and oxygen atoms in total. The number of hydrogen-bond acceptors (Lipinski definition) is 2. The van der Waals surface area contributed by atoms with Gasteiger partial charge in [0.25, 0.3) is 0 Å². The molecule has 5 N–H and O–H groups in total. The lowest BCUT2D eigenvalue weighted by Gasteiger charge is -1.88. The second-order valence-corrected chi connectivity index (χ2v) is 1.86. The fourth-order valence-corrected chi connectivity index (χ4v) is 0. The zero-order valence-electron chi connectivity index (χ0n) is 2.87. The minimum absolute atomic E-state index is 2.49. The van der Waals surface area contributed by atoms with Gasteiger partial charge < -0.3 is 0 Å². The Morgan fingerprint density at radius 2 is 1.83 bits per heavy atom. The fourth-order valence-electron chi connectivity index (χ4n) is 0. The number of quaternary nitrogens is 1. The van der Waals surface area contributed by atoms with Crippen LogP contribution in [0.3, 0.4) is 0 Å². The average Bonchev–Trinajstić information content (AvgIpc) is 1.35. The van der Waals surface area contributed by atoms with Crippen molar-refractivity contribution >= 4 is 7.82 Å². The fraction of sp³-hybridized carbons (Fsp3) is 0. The number of rotatable bonds is 1.